The molecule has 0 aliphatic carbocycles. The summed E-state index contributed by atoms with van der Waals surface area (Å²) < 4.78 is 7.05. The van der Waals surface area contributed by atoms with Gasteiger partial charge in [0.2, 0.25) is 0 Å². The van der Waals surface area contributed by atoms with E-state index in [9.17, 15) is 0 Å². The Kier molecular flexibility index (Phi) is 2.92. The quantitative estimate of drug-likeness (QED) is 0.851. The fraction of sp³-hybridized carbons (Fsp3) is 0.250. The van der Waals surface area contributed by atoms with E-state index in [1.54, 1.807) is 18.0 Å². The normalized spacial score (nSPS) is 10.4. The number of hydrogen-bond donors (Lipinski definition) is 1. The Bertz CT molecular complexity index is 492. The Morgan fingerprint density at radius 2 is 2.25 bits per heavy atom. The van der Waals surface area contributed by atoms with Gasteiger partial charge in [0.1, 0.15) is 5.75 Å². The molecule has 0 spiro atoms. The lowest BCUT2D eigenvalue weighted by molar-refractivity contribution is 0.281. The lowest BCUT2D eigenvalue weighted by Gasteiger charge is -2.08. The van der Waals surface area contributed by atoms with Gasteiger partial charge in [-0.15, -0.1) is 0 Å². The molecular weight excluding hydrogens is 204 g/mol. The maximum absolute atomic E-state index is 9.05. The number of benzene rings is 1. The zero-order chi connectivity index (χ0) is 11.5. The molecular formula is C12H14N2O2. The lowest BCUT2D eigenvalue weighted by Crippen LogP contribution is -1.90. The van der Waals surface area contributed by atoms with E-state index in [1.165, 1.54) is 0 Å². The molecule has 1 aromatic carbocycles. The van der Waals surface area contributed by atoms with Gasteiger partial charge in [0.15, 0.2) is 0 Å². The van der Waals surface area contributed by atoms with Crippen LogP contribution in [0.1, 0.15) is 5.56 Å². The molecule has 16 heavy (non-hydrogen) atoms. The Morgan fingerprint density at radius 1 is 1.44 bits per heavy atom. The first-order valence-corrected chi connectivity index (χ1v) is 5.01. The van der Waals surface area contributed by atoms with Gasteiger partial charge in [0.25, 0.3) is 0 Å². The van der Waals surface area contributed by atoms with E-state index in [0.717, 1.165) is 22.4 Å². The van der Waals surface area contributed by atoms with Crippen LogP contribution in [0, 0.1) is 0 Å². The molecule has 0 aliphatic heterocycles. The molecule has 0 amide bonds. The molecule has 0 unspecified atom stereocenters. The molecule has 2 rings (SSSR count). The van der Waals surface area contributed by atoms with Crippen molar-refractivity contribution in [2.45, 2.75) is 6.61 Å². The van der Waals surface area contributed by atoms with Crippen molar-refractivity contribution in [1.29, 1.82) is 0 Å². The number of methoxy groups -OCH3 is 1. The van der Waals surface area contributed by atoms with Crippen molar-refractivity contribution in [1.82, 2.24) is 9.78 Å². The predicted octanol–water partition coefficient (Wildman–Crippen LogP) is 1.59. The first kappa shape index (κ1) is 10.7. The molecule has 0 radical (unpaired) electrons. The highest BCUT2D eigenvalue weighted by Crippen LogP contribution is 2.30. The maximum Gasteiger partial charge on any atom is 0.127 e. The van der Waals surface area contributed by atoms with E-state index >= 15 is 0 Å². The highest BCUT2D eigenvalue weighted by Gasteiger charge is 2.08. The summed E-state index contributed by atoms with van der Waals surface area (Å²) in [5.41, 5.74) is 2.82. The molecule has 4 nitrogen and oxygen atoms in total. The number of nitrogens with zero attached hydrogens (tertiary/aromatic N) is 2. The topological polar surface area (TPSA) is 47.3 Å². The average Bonchev–Trinajstić information content (AvgIpc) is 2.74. The average molecular weight is 218 g/mol. The Morgan fingerprint density at radius 3 is 2.81 bits per heavy atom. The van der Waals surface area contributed by atoms with Gasteiger partial charge in [0.05, 0.1) is 19.9 Å². The third-order valence-corrected chi connectivity index (χ3v) is 2.46. The summed E-state index contributed by atoms with van der Waals surface area (Å²) in [6.07, 6.45) is 3.72. The van der Waals surface area contributed by atoms with E-state index in [-0.39, 0.29) is 6.61 Å². The second-order valence-electron chi connectivity index (χ2n) is 3.60. The summed E-state index contributed by atoms with van der Waals surface area (Å²) in [4.78, 5) is 0. The summed E-state index contributed by atoms with van der Waals surface area (Å²) in [6, 6.07) is 5.65. The first-order chi connectivity index (χ1) is 7.74. The van der Waals surface area contributed by atoms with Crippen LogP contribution in [0.5, 0.6) is 5.75 Å². The first-order valence-electron chi connectivity index (χ1n) is 5.01. The van der Waals surface area contributed by atoms with Crippen LogP contribution in [-0.4, -0.2) is 22.0 Å². The van der Waals surface area contributed by atoms with Crippen LogP contribution in [0.4, 0.5) is 0 Å². The molecule has 0 saturated heterocycles. The van der Waals surface area contributed by atoms with Crippen LogP contribution >= 0.6 is 0 Å². The van der Waals surface area contributed by atoms with Crippen molar-refractivity contribution in [3.05, 3.63) is 36.2 Å². The molecule has 1 aromatic heterocycles. The van der Waals surface area contributed by atoms with Crippen molar-refractivity contribution in [3.63, 3.8) is 0 Å². The fourth-order valence-electron chi connectivity index (χ4n) is 1.63. The summed E-state index contributed by atoms with van der Waals surface area (Å²) in [7, 11) is 3.49. The van der Waals surface area contributed by atoms with E-state index in [1.807, 2.05) is 31.4 Å². The predicted molar refractivity (Wildman–Crippen MR) is 61.1 cm³/mol. The van der Waals surface area contributed by atoms with Gasteiger partial charge < -0.3 is 9.84 Å². The van der Waals surface area contributed by atoms with Crippen LogP contribution in [0.25, 0.3) is 11.1 Å². The van der Waals surface area contributed by atoms with E-state index in [4.69, 9.17) is 9.84 Å². The lowest BCUT2D eigenvalue weighted by atomic mass is 10.1. The zero-order valence-electron chi connectivity index (χ0n) is 9.34. The third-order valence-electron chi connectivity index (χ3n) is 2.46. The van der Waals surface area contributed by atoms with E-state index < -0.39 is 0 Å². The summed E-state index contributed by atoms with van der Waals surface area (Å²) in [5, 5.41) is 13.2. The smallest absolute Gasteiger partial charge is 0.127 e. The maximum atomic E-state index is 9.05. The number of aliphatic hydroxyl groups excluding tert-OH is 1. The largest absolute Gasteiger partial charge is 0.496 e. The van der Waals surface area contributed by atoms with Crippen molar-refractivity contribution in [3.8, 4) is 16.9 Å². The van der Waals surface area contributed by atoms with Crippen LogP contribution in [0.15, 0.2) is 30.6 Å². The molecule has 1 heterocycles. The standard InChI is InChI=1S/C12H14N2O2/c1-14-7-10(6-13-14)11-4-3-9(8-15)5-12(11)16-2/h3-7,15H,8H2,1-2H3. The number of aromatic nitrogens is 2. The number of ether oxygens (including phenoxy) is 1. The van der Waals surface area contributed by atoms with E-state index in [2.05, 4.69) is 5.10 Å². The van der Waals surface area contributed by atoms with Crippen LogP contribution in [0.3, 0.4) is 0 Å². The minimum atomic E-state index is 0.0175. The van der Waals surface area contributed by atoms with Gasteiger partial charge in [-0.25, -0.2) is 0 Å². The van der Waals surface area contributed by atoms with Gasteiger partial charge >= 0.3 is 0 Å². The molecule has 2 aromatic rings. The SMILES string of the molecule is COc1cc(CO)ccc1-c1cnn(C)c1. The van der Waals surface area contributed by atoms with Crippen molar-refractivity contribution >= 4 is 0 Å². The Balaban J connectivity index is 2.48. The number of rotatable bonds is 3. The summed E-state index contributed by atoms with van der Waals surface area (Å²) >= 11 is 0. The molecule has 1 N–H and O–H groups in total. The highest BCUT2D eigenvalue weighted by atomic mass is 16.5. The van der Waals surface area contributed by atoms with Gasteiger partial charge in [0, 0.05) is 24.4 Å². The molecule has 0 aliphatic rings. The van der Waals surface area contributed by atoms with Crippen molar-refractivity contribution in [2.75, 3.05) is 7.11 Å². The monoisotopic (exact) mass is 218 g/mol. The molecule has 0 atom stereocenters. The third kappa shape index (κ3) is 1.92. The summed E-state index contributed by atoms with van der Waals surface area (Å²) in [6.45, 7) is 0.0175. The van der Waals surface area contributed by atoms with Gasteiger partial charge in [-0.1, -0.05) is 12.1 Å². The Hall–Kier alpha value is -1.81. The van der Waals surface area contributed by atoms with Crippen molar-refractivity contribution in [2.24, 2.45) is 7.05 Å². The van der Waals surface area contributed by atoms with Crippen LogP contribution in [-0.2, 0) is 13.7 Å². The Labute approximate surface area is 94.1 Å². The van der Waals surface area contributed by atoms with Gasteiger partial charge in [-0.2, -0.15) is 5.10 Å². The number of aryl methyl sites for hydroxylation is 1. The van der Waals surface area contributed by atoms with Gasteiger partial charge in [-0.3, -0.25) is 4.68 Å². The number of aliphatic hydroxyl groups is 1. The fourth-order valence-corrected chi connectivity index (χ4v) is 1.63. The second-order valence-corrected chi connectivity index (χ2v) is 3.60. The van der Waals surface area contributed by atoms with E-state index in [0.29, 0.717) is 0 Å². The zero-order valence-corrected chi connectivity index (χ0v) is 9.34. The molecule has 0 bridgehead atoms. The van der Waals surface area contributed by atoms with Crippen LogP contribution < -0.4 is 4.74 Å². The summed E-state index contributed by atoms with van der Waals surface area (Å²) in [5.74, 6) is 0.750. The van der Waals surface area contributed by atoms with Crippen LogP contribution in [0.2, 0.25) is 0 Å². The minimum absolute atomic E-state index is 0.0175. The second kappa shape index (κ2) is 4.37. The molecule has 0 saturated carbocycles. The van der Waals surface area contributed by atoms with Crippen molar-refractivity contribution < 1.29 is 9.84 Å². The minimum Gasteiger partial charge on any atom is -0.496 e. The number of hydrogen-bond acceptors (Lipinski definition) is 3. The van der Waals surface area contributed by atoms with Gasteiger partial charge in [-0.05, 0) is 11.6 Å². The molecule has 84 valence electrons. The molecule has 4 heteroatoms. The molecule has 0 fully saturated rings. The highest BCUT2D eigenvalue weighted by molar-refractivity contribution is 5.69.